The van der Waals surface area contributed by atoms with Crippen molar-refractivity contribution in [3.8, 4) is 10.6 Å². The van der Waals surface area contributed by atoms with Crippen LogP contribution in [-0.4, -0.2) is 23.0 Å². The molecular formula is C15H12N2O2S. The lowest BCUT2D eigenvalue weighted by Crippen LogP contribution is -2.03. The highest BCUT2D eigenvalue weighted by atomic mass is 32.1. The minimum absolute atomic E-state index is 0.375. The molecule has 0 spiro atoms. The maximum atomic E-state index is 11.6. The molecule has 0 saturated carbocycles. The summed E-state index contributed by atoms with van der Waals surface area (Å²) in [5, 5.41) is 2.91. The zero-order valence-electron chi connectivity index (χ0n) is 11.1. The number of methoxy groups -OCH3 is 1. The number of fused-ring (bicyclic) bond motifs is 1. The van der Waals surface area contributed by atoms with Crippen molar-refractivity contribution in [3.63, 3.8) is 0 Å². The molecule has 20 heavy (non-hydrogen) atoms. The van der Waals surface area contributed by atoms with E-state index in [1.165, 1.54) is 18.4 Å². The number of hydrogen-bond acceptors (Lipinski definition) is 5. The first-order valence-electron chi connectivity index (χ1n) is 6.09. The van der Waals surface area contributed by atoms with Gasteiger partial charge >= 0.3 is 5.97 Å². The van der Waals surface area contributed by atoms with Gasteiger partial charge in [0, 0.05) is 28.2 Å². The van der Waals surface area contributed by atoms with Crippen molar-refractivity contribution >= 4 is 28.1 Å². The Morgan fingerprint density at radius 1 is 1.25 bits per heavy atom. The number of pyridine rings is 1. The molecule has 4 nitrogen and oxygen atoms in total. The van der Waals surface area contributed by atoms with E-state index in [0.717, 1.165) is 26.2 Å². The second-order valence-electron chi connectivity index (χ2n) is 4.32. The molecule has 0 aliphatic carbocycles. The lowest BCUT2D eigenvalue weighted by atomic mass is 10.1. The maximum absolute atomic E-state index is 11.6. The van der Waals surface area contributed by atoms with Gasteiger partial charge in [0.15, 0.2) is 5.69 Å². The largest absolute Gasteiger partial charge is 0.464 e. The fourth-order valence-electron chi connectivity index (χ4n) is 2.08. The smallest absolute Gasteiger partial charge is 0.357 e. The zero-order chi connectivity index (χ0) is 14.1. The fraction of sp³-hybridized carbons (Fsp3) is 0.133. The monoisotopic (exact) mass is 284 g/mol. The number of esters is 1. The summed E-state index contributed by atoms with van der Waals surface area (Å²) < 4.78 is 4.74. The molecule has 0 unspecified atom stereocenters. The topological polar surface area (TPSA) is 52.1 Å². The fourth-order valence-corrected chi connectivity index (χ4v) is 3.01. The zero-order valence-corrected chi connectivity index (χ0v) is 11.9. The second kappa shape index (κ2) is 5.02. The molecule has 0 amide bonds. The molecule has 0 fully saturated rings. The Hall–Kier alpha value is -2.27. The van der Waals surface area contributed by atoms with Crippen molar-refractivity contribution in [1.29, 1.82) is 0 Å². The third-order valence-electron chi connectivity index (χ3n) is 3.07. The number of aromatic nitrogens is 2. The lowest BCUT2D eigenvalue weighted by Gasteiger charge is -2.02. The van der Waals surface area contributed by atoms with Gasteiger partial charge in [0.1, 0.15) is 5.01 Å². The minimum Gasteiger partial charge on any atom is -0.464 e. The van der Waals surface area contributed by atoms with E-state index in [-0.39, 0.29) is 0 Å². The van der Waals surface area contributed by atoms with Gasteiger partial charge in [-0.2, -0.15) is 0 Å². The van der Waals surface area contributed by atoms with Crippen LogP contribution in [0.25, 0.3) is 21.3 Å². The summed E-state index contributed by atoms with van der Waals surface area (Å²) >= 11 is 1.47. The third kappa shape index (κ3) is 2.06. The van der Waals surface area contributed by atoms with Crippen molar-refractivity contribution in [2.24, 2.45) is 0 Å². The van der Waals surface area contributed by atoms with Crippen LogP contribution < -0.4 is 0 Å². The van der Waals surface area contributed by atoms with Crippen LogP contribution in [0.1, 0.15) is 15.4 Å². The summed E-state index contributed by atoms with van der Waals surface area (Å²) in [5.74, 6) is -0.404. The Bertz CT molecular complexity index is 790. The standard InChI is InChI=1S/C15H12N2O2S/c1-9-13(15(18)19-2)17-14(20-9)12-8-16-7-10-5-3-4-6-11(10)12/h3-8H,1-2H3. The molecular weight excluding hydrogens is 272 g/mol. The van der Waals surface area contributed by atoms with Crippen LogP contribution in [0, 0.1) is 6.92 Å². The number of aryl methyl sites for hydroxylation is 1. The van der Waals surface area contributed by atoms with E-state index in [1.807, 2.05) is 37.4 Å². The first-order chi connectivity index (χ1) is 9.70. The number of ether oxygens (including phenoxy) is 1. The molecule has 0 saturated heterocycles. The summed E-state index contributed by atoms with van der Waals surface area (Å²) in [5.41, 5.74) is 1.31. The highest BCUT2D eigenvalue weighted by molar-refractivity contribution is 7.15. The van der Waals surface area contributed by atoms with Crippen LogP contribution in [0.15, 0.2) is 36.7 Å². The van der Waals surface area contributed by atoms with Gasteiger partial charge in [-0.05, 0) is 12.3 Å². The Balaban J connectivity index is 2.19. The molecule has 2 heterocycles. The molecule has 1 aromatic carbocycles. The van der Waals surface area contributed by atoms with Crippen molar-refractivity contribution < 1.29 is 9.53 Å². The van der Waals surface area contributed by atoms with Crippen molar-refractivity contribution in [2.75, 3.05) is 7.11 Å². The van der Waals surface area contributed by atoms with Crippen LogP contribution >= 0.6 is 11.3 Å². The highest BCUT2D eigenvalue weighted by Crippen LogP contribution is 2.32. The molecule has 0 bridgehead atoms. The first kappa shape index (κ1) is 12.7. The van der Waals surface area contributed by atoms with Crippen LogP contribution in [0.3, 0.4) is 0 Å². The number of hydrogen-bond donors (Lipinski definition) is 0. The number of carbonyl (C=O) groups is 1. The Morgan fingerprint density at radius 2 is 2.05 bits per heavy atom. The molecule has 0 aliphatic heterocycles. The molecule has 0 aliphatic rings. The molecule has 0 radical (unpaired) electrons. The first-order valence-corrected chi connectivity index (χ1v) is 6.91. The van der Waals surface area contributed by atoms with Gasteiger partial charge in [-0.25, -0.2) is 9.78 Å². The SMILES string of the molecule is COC(=O)c1nc(-c2cncc3ccccc23)sc1C. The van der Waals surface area contributed by atoms with Crippen molar-refractivity contribution in [1.82, 2.24) is 9.97 Å². The molecule has 0 N–H and O–H groups in total. The van der Waals surface area contributed by atoms with E-state index in [9.17, 15) is 4.79 Å². The molecule has 2 aromatic heterocycles. The number of thiazole rings is 1. The molecule has 3 aromatic rings. The summed E-state index contributed by atoms with van der Waals surface area (Å²) in [6.07, 6.45) is 3.60. The van der Waals surface area contributed by atoms with E-state index >= 15 is 0 Å². The average molecular weight is 284 g/mol. The van der Waals surface area contributed by atoms with E-state index in [4.69, 9.17) is 4.74 Å². The minimum atomic E-state index is -0.404. The summed E-state index contributed by atoms with van der Waals surface area (Å²) in [7, 11) is 1.36. The third-order valence-corrected chi connectivity index (χ3v) is 4.08. The van der Waals surface area contributed by atoms with Gasteiger partial charge in [0.2, 0.25) is 0 Å². The normalized spacial score (nSPS) is 10.7. The van der Waals surface area contributed by atoms with Crippen LogP contribution in [0.4, 0.5) is 0 Å². The highest BCUT2D eigenvalue weighted by Gasteiger charge is 2.17. The summed E-state index contributed by atoms with van der Waals surface area (Å²) in [4.78, 5) is 21.1. The maximum Gasteiger partial charge on any atom is 0.357 e. The van der Waals surface area contributed by atoms with E-state index in [2.05, 4.69) is 9.97 Å². The lowest BCUT2D eigenvalue weighted by molar-refractivity contribution is 0.0594. The second-order valence-corrected chi connectivity index (χ2v) is 5.53. The number of rotatable bonds is 2. The van der Waals surface area contributed by atoms with Crippen molar-refractivity contribution in [3.05, 3.63) is 47.2 Å². The predicted molar refractivity (Wildman–Crippen MR) is 78.9 cm³/mol. The summed E-state index contributed by atoms with van der Waals surface area (Å²) in [6.45, 7) is 1.87. The average Bonchev–Trinajstić information content (AvgIpc) is 2.87. The quantitative estimate of drug-likeness (QED) is 0.676. The Kier molecular flexibility index (Phi) is 3.20. The van der Waals surface area contributed by atoms with Crippen LogP contribution in [0.2, 0.25) is 0 Å². The molecule has 0 atom stereocenters. The number of nitrogens with zero attached hydrogens (tertiary/aromatic N) is 2. The van der Waals surface area contributed by atoms with Gasteiger partial charge in [0.05, 0.1) is 7.11 Å². The molecule has 100 valence electrons. The van der Waals surface area contributed by atoms with Crippen LogP contribution in [0.5, 0.6) is 0 Å². The van der Waals surface area contributed by atoms with E-state index in [1.54, 1.807) is 6.20 Å². The van der Waals surface area contributed by atoms with Gasteiger partial charge in [-0.3, -0.25) is 4.98 Å². The van der Waals surface area contributed by atoms with Gasteiger partial charge in [-0.15, -0.1) is 11.3 Å². The summed E-state index contributed by atoms with van der Waals surface area (Å²) in [6, 6.07) is 7.99. The Morgan fingerprint density at radius 3 is 2.85 bits per heavy atom. The molecule has 5 heteroatoms. The molecule has 3 rings (SSSR count). The number of carbonyl (C=O) groups excluding carboxylic acids is 1. The predicted octanol–water partition coefficient (Wildman–Crippen LogP) is 3.45. The number of benzene rings is 1. The van der Waals surface area contributed by atoms with Crippen LogP contribution in [-0.2, 0) is 4.74 Å². The van der Waals surface area contributed by atoms with E-state index < -0.39 is 5.97 Å². The Labute approximate surface area is 120 Å². The van der Waals surface area contributed by atoms with Gasteiger partial charge in [-0.1, -0.05) is 24.3 Å². The van der Waals surface area contributed by atoms with Crippen molar-refractivity contribution in [2.45, 2.75) is 6.92 Å². The van der Waals surface area contributed by atoms with Gasteiger partial charge < -0.3 is 4.74 Å². The van der Waals surface area contributed by atoms with E-state index in [0.29, 0.717) is 5.69 Å². The van der Waals surface area contributed by atoms with Gasteiger partial charge in [0.25, 0.3) is 0 Å².